The Bertz CT molecular complexity index is 399. The first-order chi connectivity index (χ1) is 8.56. The molecule has 0 bridgehead atoms. The summed E-state index contributed by atoms with van der Waals surface area (Å²) in [6.45, 7) is 11.9. The van der Waals surface area contributed by atoms with Gasteiger partial charge < -0.3 is 11.1 Å². The summed E-state index contributed by atoms with van der Waals surface area (Å²) in [5.41, 5.74) is 9.38. The summed E-state index contributed by atoms with van der Waals surface area (Å²) in [5.74, 6) is 0. The Hall–Kier alpha value is -1.22. The van der Waals surface area contributed by atoms with Gasteiger partial charge in [0, 0.05) is 24.2 Å². The van der Waals surface area contributed by atoms with E-state index in [2.05, 4.69) is 58.0 Å². The molecule has 0 heterocycles. The van der Waals surface area contributed by atoms with Gasteiger partial charge in [0.25, 0.3) is 0 Å². The van der Waals surface area contributed by atoms with Gasteiger partial charge in [0.15, 0.2) is 0 Å². The number of benzene rings is 1. The lowest BCUT2D eigenvalue weighted by atomic mass is 9.70. The first-order valence-corrected chi connectivity index (χ1v) is 6.54. The molecule has 0 saturated carbocycles. The highest BCUT2D eigenvalue weighted by atomic mass is 14.9. The average molecular weight is 243 g/mol. The van der Waals surface area contributed by atoms with E-state index in [1.165, 1.54) is 16.8 Å². The van der Waals surface area contributed by atoms with Crippen LogP contribution in [0.15, 0.2) is 30.9 Å². The van der Waals surface area contributed by atoms with E-state index in [1.54, 1.807) is 0 Å². The number of hydrogen-bond acceptors (Lipinski definition) is 2. The van der Waals surface area contributed by atoms with Crippen molar-refractivity contribution in [3.8, 4) is 0 Å². The molecule has 2 nitrogen and oxygen atoms in total. The van der Waals surface area contributed by atoms with Crippen molar-refractivity contribution in [2.24, 2.45) is 5.73 Å². The number of rotatable bonds is 7. The normalized spacial score (nSPS) is 11.1. The third kappa shape index (κ3) is 3.39. The van der Waals surface area contributed by atoms with Gasteiger partial charge in [-0.15, -0.1) is 6.58 Å². The molecule has 3 heteroatoms. The number of anilines is 1. The summed E-state index contributed by atoms with van der Waals surface area (Å²) in [6, 6.07) is 6.41. The Labute approximate surface area is 112 Å². The highest BCUT2D eigenvalue weighted by Crippen LogP contribution is 2.34. The fraction of sp³-hybridized carbons (Fsp3) is 0.467. The molecule has 18 heavy (non-hydrogen) atoms. The second kappa shape index (κ2) is 6.65. The molecule has 0 saturated heterocycles. The van der Waals surface area contributed by atoms with Crippen LogP contribution >= 0.6 is 0 Å². The van der Waals surface area contributed by atoms with Gasteiger partial charge in [-0.25, -0.2) is 0 Å². The minimum atomic E-state index is -0.0451. The summed E-state index contributed by atoms with van der Waals surface area (Å²) in [7, 11) is 2.19. The Morgan fingerprint density at radius 3 is 2.72 bits per heavy atom. The summed E-state index contributed by atoms with van der Waals surface area (Å²) >= 11 is 0. The number of nitrogens with one attached hydrogen (secondary N) is 1. The fourth-order valence-electron chi connectivity index (χ4n) is 2.21. The summed E-state index contributed by atoms with van der Waals surface area (Å²) < 4.78 is 0. The van der Waals surface area contributed by atoms with Crippen LogP contribution in [0.4, 0.5) is 5.69 Å². The molecular formula is C15H24BN2. The van der Waals surface area contributed by atoms with Gasteiger partial charge in [0.05, 0.1) is 0 Å². The van der Waals surface area contributed by atoms with E-state index >= 15 is 0 Å². The smallest absolute Gasteiger partial charge is 0.111 e. The van der Waals surface area contributed by atoms with Gasteiger partial charge >= 0.3 is 0 Å². The van der Waals surface area contributed by atoms with Crippen LogP contribution in [0.1, 0.15) is 25.0 Å². The van der Waals surface area contributed by atoms with Crippen molar-refractivity contribution in [2.45, 2.75) is 32.4 Å². The topological polar surface area (TPSA) is 38.0 Å². The number of nitrogens with two attached hydrogens (primary N) is 1. The maximum absolute atomic E-state index is 5.58. The van der Waals surface area contributed by atoms with Crippen LogP contribution in [-0.2, 0) is 11.7 Å². The second-order valence-corrected chi connectivity index (χ2v) is 5.09. The predicted molar refractivity (Wildman–Crippen MR) is 82.5 cm³/mol. The molecule has 0 aliphatic rings. The van der Waals surface area contributed by atoms with Crippen molar-refractivity contribution in [3.63, 3.8) is 0 Å². The zero-order valence-corrected chi connectivity index (χ0v) is 11.8. The Balaban J connectivity index is 3.24. The van der Waals surface area contributed by atoms with Gasteiger partial charge in [-0.05, 0) is 17.2 Å². The van der Waals surface area contributed by atoms with E-state index in [0.717, 1.165) is 12.9 Å². The van der Waals surface area contributed by atoms with Crippen LogP contribution in [0.25, 0.3) is 0 Å². The van der Waals surface area contributed by atoms with Crippen LogP contribution < -0.4 is 11.1 Å². The van der Waals surface area contributed by atoms with E-state index in [0.29, 0.717) is 6.54 Å². The maximum atomic E-state index is 5.58. The van der Waals surface area contributed by atoms with Gasteiger partial charge in [-0.2, -0.15) is 0 Å². The molecule has 0 aromatic heterocycles. The summed E-state index contributed by atoms with van der Waals surface area (Å²) in [6.07, 6.45) is 2.99. The van der Waals surface area contributed by atoms with Crippen LogP contribution in [0.5, 0.6) is 0 Å². The fourth-order valence-corrected chi connectivity index (χ4v) is 2.21. The van der Waals surface area contributed by atoms with Crippen molar-refractivity contribution in [3.05, 3.63) is 42.0 Å². The molecule has 0 amide bonds. The molecule has 1 aromatic carbocycles. The Kier molecular flexibility index (Phi) is 5.48. The van der Waals surface area contributed by atoms with Crippen molar-refractivity contribution >= 4 is 13.0 Å². The SMILES string of the molecule is C=CC(C)(C)c1c(C[B]C)cccc1NCCN. The zero-order chi connectivity index (χ0) is 13.6. The number of allylic oxidation sites excluding steroid dienone is 1. The van der Waals surface area contributed by atoms with E-state index in [1.807, 2.05) is 6.08 Å². The summed E-state index contributed by atoms with van der Waals surface area (Å²) in [5, 5.41) is 3.42. The zero-order valence-electron chi connectivity index (χ0n) is 11.8. The summed E-state index contributed by atoms with van der Waals surface area (Å²) in [4.78, 5) is 0. The van der Waals surface area contributed by atoms with Crippen molar-refractivity contribution < 1.29 is 0 Å². The van der Waals surface area contributed by atoms with E-state index in [-0.39, 0.29) is 5.41 Å². The highest BCUT2D eigenvalue weighted by Gasteiger charge is 2.22. The predicted octanol–water partition coefficient (Wildman–Crippen LogP) is 2.77. The largest absolute Gasteiger partial charge is 0.384 e. The van der Waals surface area contributed by atoms with Crippen molar-refractivity contribution in [1.82, 2.24) is 0 Å². The lowest BCUT2D eigenvalue weighted by Crippen LogP contribution is -2.21. The van der Waals surface area contributed by atoms with E-state index in [4.69, 9.17) is 5.73 Å². The molecule has 1 rings (SSSR count). The highest BCUT2D eigenvalue weighted by molar-refractivity contribution is 6.33. The van der Waals surface area contributed by atoms with Crippen LogP contribution in [0.3, 0.4) is 0 Å². The number of hydrogen-bond donors (Lipinski definition) is 2. The quantitative estimate of drug-likeness (QED) is 0.570. The van der Waals surface area contributed by atoms with Crippen LogP contribution in [0.2, 0.25) is 6.82 Å². The van der Waals surface area contributed by atoms with Gasteiger partial charge in [0.2, 0.25) is 0 Å². The third-order valence-electron chi connectivity index (χ3n) is 3.19. The van der Waals surface area contributed by atoms with Crippen LogP contribution in [0, 0.1) is 0 Å². The molecule has 1 radical (unpaired) electrons. The second-order valence-electron chi connectivity index (χ2n) is 5.09. The molecule has 0 unspecified atom stereocenters. The van der Waals surface area contributed by atoms with Gasteiger partial charge in [-0.1, -0.05) is 45.2 Å². The van der Waals surface area contributed by atoms with Crippen LogP contribution in [-0.4, -0.2) is 20.4 Å². The molecule has 0 aliphatic heterocycles. The minimum Gasteiger partial charge on any atom is -0.384 e. The first kappa shape index (κ1) is 14.8. The Morgan fingerprint density at radius 1 is 1.44 bits per heavy atom. The molecule has 97 valence electrons. The molecule has 0 atom stereocenters. The third-order valence-corrected chi connectivity index (χ3v) is 3.19. The maximum Gasteiger partial charge on any atom is 0.111 e. The van der Waals surface area contributed by atoms with E-state index in [9.17, 15) is 0 Å². The van der Waals surface area contributed by atoms with Gasteiger partial charge in [0.1, 0.15) is 7.28 Å². The average Bonchev–Trinajstić information content (AvgIpc) is 2.36. The molecule has 3 N–H and O–H groups in total. The molecule has 0 aliphatic carbocycles. The lowest BCUT2D eigenvalue weighted by Gasteiger charge is -2.27. The Morgan fingerprint density at radius 2 is 2.17 bits per heavy atom. The molecule has 0 spiro atoms. The lowest BCUT2D eigenvalue weighted by molar-refractivity contribution is 0.666. The first-order valence-electron chi connectivity index (χ1n) is 6.54. The van der Waals surface area contributed by atoms with E-state index < -0.39 is 0 Å². The monoisotopic (exact) mass is 243 g/mol. The molecule has 0 fully saturated rings. The van der Waals surface area contributed by atoms with Crippen molar-refractivity contribution in [1.29, 1.82) is 0 Å². The standard InChI is InChI=1S/C15H24BN2/c1-5-15(2,3)14-12(11-16-4)7-6-8-13(14)18-10-9-17/h5-8,18H,1,9-11,17H2,2-4H3. The van der Waals surface area contributed by atoms with Crippen molar-refractivity contribution in [2.75, 3.05) is 18.4 Å². The molecule has 1 aromatic rings. The minimum absolute atomic E-state index is 0.0451. The van der Waals surface area contributed by atoms with Gasteiger partial charge in [-0.3, -0.25) is 0 Å². The molecular weight excluding hydrogens is 219 g/mol.